The normalized spacial score (nSPS) is 12.7. The minimum Gasteiger partial charge on any atom is -0.466 e. The van der Waals surface area contributed by atoms with Gasteiger partial charge in [0.15, 0.2) is 0 Å². The standard InChI is InChI=1S/C72H137NO5/c1-3-5-7-9-11-13-14-15-16-17-33-37-40-43-46-50-54-58-62-66-72(77)78-67-63-59-55-51-47-44-41-38-35-32-30-28-26-24-22-20-18-19-21-23-25-27-29-31-34-36-39-42-45-49-53-57-61-65-71(76)73-69(68-74)70(75)64-60-56-52-48-12-10-8-6-4-2/h11,13,15-16,60,64,69-70,74-75H,3-10,12,14,17-59,61-63,65-68H2,1-2H3,(H,73,76)/b13-11-,16-15-,64-60+. The Labute approximate surface area is 487 Å². The third kappa shape index (κ3) is 63.3. The van der Waals surface area contributed by atoms with Crippen LogP contribution in [-0.2, 0) is 14.3 Å². The molecule has 0 aliphatic heterocycles. The number of unbranched alkanes of at least 4 members (excludes halogenated alkanes) is 51. The van der Waals surface area contributed by atoms with Crippen molar-refractivity contribution in [3.63, 3.8) is 0 Å². The van der Waals surface area contributed by atoms with E-state index in [1.807, 2.05) is 6.08 Å². The van der Waals surface area contributed by atoms with Crippen LogP contribution >= 0.6 is 0 Å². The van der Waals surface area contributed by atoms with Crippen LogP contribution < -0.4 is 5.32 Å². The SMILES string of the molecule is CCCCC/C=C\C/C=C\CCCCCCCCCCCC(=O)OCCCCCCCCCCCCCCCCCCCCCCCCCCCCCCCCCCCC(=O)NC(CO)C(O)/C=C/CCCCCCCCC. The summed E-state index contributed by atoms with van der Waals surface area (Å²) >= 11 is 0. The number of esters is 1. The van der Waals surface area contributed by atoms with Gasteiger partial charge >= 0.3 is 5.97 Å². The summed E-state index contributed by atoms with van der Waals surface area (Å²) < 4.78 is 5.51. The van der Waals surface area contributed by atoms with E-state index in [0.717, 1.165) is 51.4 Å². The van der Waals surface area contributed by atoms with Gasteiger partial charge in [0.1, 0.15) is 0 Å². The predicted molar refractivity (Wildman–Crippen MR) is 343 cm³/mol. The van der Waals surface area contributed by atoms with Crippen molar-refractivity contribution in [2.75, 3.05) is 13.2 Å². The highest BCUT2D eigenvalue weighted by Gasteiger charge is 2.18. The van der Waals surface area contributed by atoms with Gasteiger partial charge in [-0.05, 0) is 64.2 Å². The molecule has 3 N–H and O–H groups in total. The van der Waals surface area contributed by atoms with E-state index < -0.39 is 12.1 Å². The number of aliphatic hydroxyl groups excluding tert-OH is 2. The number of hydrogen-bond acceptors (Lipinski definition) is 5. The second kappa shape index (κ2) is 67.6. The Morgan fingerprint density at radius 2 is 0.641 bits per heavy atom. The van der Waals surface area contributed by atoms with Gasteiger partial charge in [0.25, 0.3) is 0 Å². The molecule has 0 aliphatic carbocycles. The molecule has 0 radical (unpaired) electrons. The molecular weight excluding hydrogens is 959 g/mol. The van der Waals surface area contributed by atoms with E-state index in [1.165, 1.54) is 308 Å². The molecule has 2 atom stereocenters. The molecule has 0 aliphatic rings. The number of hydrogen-bond donors (Lipinski definition) is 3. The molecule has 0 bridgehead atoms. The van der Waals surface area contributed by atoms with Gasteiger partial charge in [-0.1, -0.05) is 346 Å². The van der Waals surface area contributed by atoms with E-state index in [4.69, 9.17) is 4.74 Å². The predicted octanol–water partition coefficient (Wildman–Crippen LogP) is 22.7. The van der Waals surface area contributed by atoms with Crippen LogP contribution in [0, 0.1) is 0 Å². The lowest BCUT2D eigenvalue weighted by molar-refractivity contribution is -0.143. The van der Waals surface area contributed by atoms with Gasteiger partial charge in [-0.2, -0.15) is 0 Å². The molecular formula is C72H137NO5. The maximum Gasteiger partial charge on any atom is 0.305 e. The summed E-state index contributed by atoms with van der Waals surface area (Å²) in [5.41, 5.74) is 0. The second-order valence-electron chi connectivity index (χ2n) is 24.2. The molecule has 1 amide bonds. The summed E-state index contributed by atoms with van der Waals surface area (Å²) in [7, 11) is 0. The Balaban J connectivity index is 3.29. The largest absolute Gasteiger partial charge is 0.466 e. The fraction of sp³-hybridized carbons (Fsp3) is 0.889. The van der Waals surface area contributed by atoms with Crippen molar-refractivity contribution < 1.29 is 24.5 Å². The highest BCUT2D eigenvalue weighted by Crippen LogP contribution is 2.19. The molecule has 0 aromatic rings. The van der Waals surface area contributed by atoms with E-state index in [9.17, 15) is 19.8 Å². The smallest absolute Gasteiger partial charge is 0.305 e. The first kappa shape index (κ1) is 76.1. The molecule has 0 rings (SSSR count). The van der Waals surface area contributed by atoms with Crippen molar-refractivity contribution in [3.05, 3.63) is 36.5 Å². The molecule has 2 unspecified atom stereocenters. The second-order valence-corrected chi connectivity index (χ2v) is 24.2. The first-order valence-corrected chi connectivity index (χ1v) is 35.3. The van der Waals surface area contributed by atoms with E-state index in [2.05, 4.69) is 43.5 Å². The number of aliphatic hydroxyl groups is 2. The maximum atomic E-state index is 12.4. The third-order valence-electron chi connectivity index (χ3n) is 16.4. The quantitative estimate of drug-likeness (QED) is 0.0320. The van der Waals surface area contributed by atoms with E-state index in [0.29, 0.717) is 19.4 Å². The van der Waals surface area contributed by atoms with Crippen LogP contribution in [0.25, 0.3) is 0 Å². The fourth-order valence-electron chi connectivity index (χ4n) is 11.0. The molecule has 6 nitrogen and oxygen atoms in total. The number of rotatable bonds is 66. The van der Waals surface area contributed by atoms with Gasteiger partial charge in [0.2, 0.25) is 5.91 Å². The Morgan fingerprint density at radius 3 is 1.00 bits per heavy atom. The zero-order chi connectivity index (χ0) is 56.4. The van der Waals surface area contributed by atoms with E-state index >= 15 is 0 Å². The number of ether oxygens (including phenoxy) is 1. The number of nitrogens with one attached hydrogen (secondary N) is 1. The van der Waals surface area contributed by atoms with Gasteiger partial charge in [-0.25, -0.2) is 0 Å². The van der Waals surface area contributed by atoms with Crippen LogP contribution in [0.4, 0.5) is 0 Å². The molecule has 6 heteroatoms. The first-order valence-electron chi connectivity index (χ1n) is 35.3. The lowest BCUT2D eigenvalue weighted by atomic mass is 10.0. The van der Waals surface area contributed by atoms with Crippen LogP contribution in [-0.4, -0.2) is 47.4 Å². The van der Waals surface area contributed by atoms with Gasteiger partial charge in [-0.3, -0.25) is 9.59 Å². The summed E-state index contributed by atoms with van der Waals surface area (Å²) in [5, 5.41) is 23.0. The van der Waals surface area contributed by atoms with Crippen LogP contribution in [0.3, 0.4) is 0 Å². The molecule has 0 heterocycles. The Hall–Kier alpha value is -1.92. The highest BCUT2D eigenvalue weighted by atomic mass is 16.5. The average molecular weight is 1100 g/mol. The third-order valence-corrected chi connectivity index (χ3v) is 16.4. The molecule has 0 aromatic heterocycles. The van der Waals surface area contributed by atoms with Crippen LogP contribution in [0.15, 0.2) is 36.5 Å². The monoisotopic (exact) mass is 1100 g/mol. The van der Waals surface area contributed by atoms with Crippen molar-refractivity contribution in [3.8, 4) is 0 Å². The van der Waals surface area contributed by atoms with Gasteiger partial charge < -0.3 is 20.3 Å². The Morgan fingerprint density at radius 1 is 0.359 bits per heavy atom. The molecule has 78 heavy (non-hydrogen) atoms. The number of amides is 1. The average Bonchev–Trinajstić information content (AvgIpc) is 3.44. The van der Waals surface area contributed by atoms with Crippen molar-refractivity contribution in [1.29, 1.82) is 0 Å². The number of carbonyl (C=O) groups excluding carboxylic acids is 2. The van der Waals surface area contributed by atoms with E-state index in [-0.39, 0.29) is 18.5 Å². The lowest BCUT2D eigenvalue weighted by Crippen LogP contribution is -2.45. The molecule has 460 valence electrons. The van der Waals surface area contributed by atoms with Gasteiger partial charge in [0, 0.05) is 12.8 Å². The number of allylic oxidation sites excluding steroid dienone is 5. The van der Waals surface area contributed by atoms with Crippen molar-refractivity contribution in [2.45, 2.75) is 398 Å². The molecule has 0 aromatic carbocycles. The molecule has 0 saturated carbocycles. The van der Waals surface area contributed by atoms with Crippen molar-refractivity contribution in [1.82, 2.24) is 5.32 Å². The molecule has 0 spiro atoms. The summed E-state index contributed by atoms with van der Waals surface area (Å²) in [6, 6.07) is -0.622. The summed E-state index contributed by atoms with van der Waals surface area (Å²) in [5.74, 6) is -0.0468. The van der Waals surface area contributed by atoms with Crippen LogP contribution in [0.1, 0.15) is 386 Å². The van der Waals surface area contributed by atoms with Crippen LogP contribution in [0.5, 0.6) is 0 Å². The summed E-state index contributed by atoms with van der Waals surface area (Å²) in [6.45, 7) is 4.88. The zero-order valence-corrected chi connectivity index (χ0v) is 52.7. The topological polar surface area (TPSA) is 95.9 Å². The Kier molecular flexibility index (Phi) is 65.9. The Bertz CT molecular complexity index is 1260. The van der Waals surface area contributed by atoms with Crippen molar-refractivity contribution >= 4 is 11.9 Å². The molecule has 0 fully saturated rings. The van der Waals surface area contributed by atoms with E-state index in [1.54, 1.807) is 6.08 Å². The minimum absolute atomic E-state index is 0.0179. The number of carbonyl (C=O) groups is 2. The molecule has 0 saturated heterocycles. The maximum absolute atomic E-state index is 12.4. The van der Waals surface area contributed by atoms with Gasteiger partial charge in [-0.15, -0.1) is 0 Å². The van der Waals surface area contributed by atoms with Gasteiger partial charge in [0.05, 0.1) is 25.4 Å². The summed E-state index contributed by atoms with van der Waals surface area (Å²) in [6.07, 6.45) is 86.8. The minimum atomic E-state index is -0.838. The first-order chi connectivity index (χ1) is 38.5. The highest BCUT2D eigenvalue weighted by molar-refractivity contribution is 5.76. The zero-order valence-electron chi connectivity index (χ0n) is 52.7. The van der Waals surface area contributed by atoms with Crippen LogP contribution in [0.2, 0.25) is 0 Å². The van der Waals surface area contributed by atoms with Crippen molar-refractivity contribution in [2.24, 2.45) is 0 Å². The summed E-state index contributed by atoms with van der Waals surface area (Å²) in [4.78, 5) is 24.5. The lowest BCUT2D eigenvalue weighted by Gasteiger charge is -2.20. The fourth-order valence-corrected chi connectivity index (χ4v) is 11.0.